The van der Waals surface area contributed by atoms with E-state index in [0.29, 0.717) is 6.42 Å². The predicted molar refractivity (Wildman–Crippen MR) is 138 cm³/mol. The summed E-state index contributed by atoms with van der Waals surface area (Å²) in [6.45, 7) is 2.72. The highest BCUT2D eigenvalue weighted by Crippen LogP contribution is 2.44. The third kappa shape index (κ3) is 5.43. The maximum atomic E-state index is 13.6. The zero-order chi connectivity index (χ0) is 25.8. The molecule has 0 aromatic heterocycles. The molecule has 3 heterocycles. The Morgan fingerprint density at radius 2 is 1.54 bits per heavy atom. The van der Waals surface area contributed by atoms with E-state index in [0.717, 1.165) is 60.2 Å². The summed E-state index contributed by atoms with van der Waals surface area (Å²) in [7, 11) is 0. The van der Waals surface area contributed by atoms with E-state index in [1.807, 2.05) is 54.6 Å². The Morgan fingerprint density at radius 3 is 2.22 bits per heavy atom. The smallest absolute Gasteiger partial charge is 0.417 e. The van der Waals surface area contributed by atoms with Crippen LogP contribution in [0.25, 0.3) is 0 Å². The highest BCUT2D eigenvalue weighted by Gasteiger charge is 2.64. The first-order valence-corrected chi connectivity index (χ1v) is 13.4. The van der Waals surface area contributed by atoms with Crippen molar-refractivity contribution in [1.82, 2.24) is 9.80 Å². The molecule has 2 fully saturated rings. The van der Waals surface area contributed by atoms with Gasteiger partial charge in [0.25, 0.3) is 0 Å². The largest absolute Gasteiger partial charge is 0.435 e. The molecule has 1 amide bonds. The molecular weight excluding hydrogens is 540 g/mol. The molecule has 0 N–H and O–H groups in total. The number of benzene rings is 2. The number of piperidine rings is 1. The van der Waals surface area contributed by atoms with E-state index in [2.05, 4.69) is 20.8 Å². The molecule has 37 heavy (non-hydrogen) atoms. The van der Waals surface area contributed by atoms with Crippen LogP contribution in [0.4, 0.5) is 4.79 Å². The average molecular weight is 569 g/mol. The number of halogens is 1. The fourth-order valence-corrected chi connectivity index (χ4v) is 5.71. The summed E-state index contributed by atoms with van der Waals surface area (Å²) in [6, 6.07) is 16.4. The zero-order valence-corrected chi connectivity index (χ0v) is 22.0. The Bertz CT molecular complexity index is 1160. The second-order valence-electron chi connectivity index (χ2n) is 9.46. The summed E-state index contributed by atoms with van der Waals surface area (Å²) in [4.78, 5) is 42.7. The van der Waals surface area contributed by atoms with Crippen LogP contribution in [0.15, 0.2) is 71.2 Å². The van der Waals surface area contributed by atoms with Crippen molar-refractivity contribution in [2.45, 2.75) is 50.2 Å². The summed E-state index contributed by atoms with van der Waals surface area (Å²) in [5.74, 6) is -3.63. The summed E-state index contributed by atoms with van der Waals surface area (Å²) >= 11 is 3.53. The number of carbonyl (C=O) groups excluding carboxylic acids is 3. The SMILES string of the molecule is O=C1C=CC(=O)OC2(O1)C(Cc1ccccc1Br)OC(=O)N2C(CCN1CCCCC1)c1ccccc1. The minimum absolute atomic E-state index is 0.165. The Kier molecular flexibility index (Phi) is 7.62. The molecule has 2 saturated heterocycles. The molecule has 3 aliphatic rings. The van der Waals surface area contributed by atoms with Gasteiger partial charge in [-0.05, 0) is 49.5 Å². The van der Waals surface area contributed by atoms with Gasteiger partial charge in [0.05, 0.1) is 6.04 Å². The number of nitrogens with zero attached hydrogens (tertiary/aromatic N) is 2. The molecular formula is C28H29BrN2O6. The van der Waals surface area contributed by atoms with Crippen LogP contribution in [0, 0.1) is 0 Å². The number of hydrogen-bond donors (Lipinski definition) is 0. The van der Waals surface area contributed by atoms with Crippen molar-refractivity contribution >= 4 is 34.0 Å². The van der Waals surface area contributed by atoms with E-state index in [4.69, 9.17) is 14.2 Å². The fraction of sp³-hybridized carbons (Fsp3) is 0.393. The lowest BCUT2D eigenvalue weighted by molar-refractivity contribution is -0.284. The number of carbonyl (C=O) groups is 3. The Labute approximate surface area is 224 Å². The van der Waals surface area contributed by atoms with E-state index in [9.17, 15) is 14.4 Å². The summed E-state index contributed by atoms with van der Waals surface area (Å²) in [6.07, 6.45) is 4.46. The summed E-state index contributed by atoms with van der Waals surface area (Å²) < 4.78 is 18.3. The number of esters is 2. The van der Waals surface area contributed by atoms with Gasteiger partial charge in [0.1, 0.15) is 0 Å². The maximum Gasteiger partial charge on any atom is 0.417 e. The van der Waals surface area contributed by atoms with Gasteiger partial charge in [-0.1, -0.05) is 70.9 Å². The second kappa shape index (κ2) is 11.1. The van der Waals surface area contributed by atoms with Gasteiger partial charge < -0.3 is 19.1 Å². The number of rotatable bonds is 7. The Morgan fingerprint density at radius 1 is 0.892 bits per heavy atom. The van der Waals surface area contributed by atoms with Crippen molar-refractivity contribution in [3.05, 3.63) is 82.3 Å². The van der Waals surface area contributed by atoms with Crippen LogP contribution in [-0.2, 0) is 30.2 Å². The van der Waals surface area contributed by atoms with Gasteiger partial charge in [-0.25, -0.2) is 19.3 Å². The molecule has 0 aliphatic carbocycles. The van der Waals surface area contributed by atoms with Gasteiger partial charge in [0.2, 0.25) is 6.10 Å². The molecule has 2 atom stereocenters. The molecule has 194 valence electrons. The number of hydrogen-bond acceptors (Lipinski definition) is 7. The fourth-order valence-electron chi connectivity index (χ4n) is 5.26. The van der Waals surface area contributed by atoms with E-state index in [1.165, 1.54) is 11.3 Å². The molecule has 0 saturated carbocycles. The average Bonchev–Trinajstić information content (AvgIpc) is 3.04. The molecule has 9 heteroatoms. The first-order valence-electron chi connectivity index (χ1n) is 12.6. The van der Waals surface area contributed by atoms with E-state index < -0.39 is 36.1 Å². The van der Waals surface area contributed by atoms with Crippen LogP contribution in [0.5, 0.6) is 0 Å². The van der Waals surface area contributed by atoms with Gasteiger partial charge in [0.15, 0.2) is 0 Å². The van der Waals surface area contributed by atoms with Gasteiger partial charge in [-0.2, -0.15) is 0 Å². The summed E-state index contributed by atoms with van der Waals surface area (Å²) in [5, 5.41) is 0. The zero-order valence-electron chi connectivity index (χ0n) is 20.4. The van der Waals surface area contributed by atoms with E-state index >= 15 is 0 Å². The Hall–Kier alpha value is -3.17. The third-order valence-electron chi connectivity index (χ3n) is 7.06. The first kappa shape index (κ1) is 25.5. The molecule has 2 aromatic rings. The normalized spacial score (nSPS) is 22.4. The molecule has 3 aliphatic heterocycles. The minimum atomic E-state index is -2.06. The second-order valence-corrected chi connectivity index (χ2v) is 10.3. The van der Waals surface area contributed by atoms with Crippen molar-refractivity contribution in [3.63, 3.8) is 0 Å². The quantitative estimate of drug-likeness (QED) is 0.446. The van der Waals surface area contributed by atoms with Crippen molar-refractivity contribution < 1.29 is 28.6 Å². The molecule has 0 bridgehead atoms. The predicted octanol–water partition coefficient (Wildman–Crippen LogP) is 4.74. The number of amides is 1. The number of likely N-dealkylation sites (tertiary alicyclic amines) is 1. The van der Waals surface area contributed by atoms with Crippen molar-refractivity contribution in [2.24, 2.45) is 0 Å². The van der Waals surface area contributed by atoms with Crippen LogP contribution in [0.3, 0.4) is 0 Å². The monoisotopic (exact) mass is 568 g/mol. The van der Waals surface area contributed by atoms with E-state index in [-0.39, 0.29) is 6.42 Å². The highest BCUT2D eigenvalue weighted by atomic mass is 79.9. The molecule has 8 nitrogen and oxygen atoms in total. The maximum absolute atomic E-state index is 13.6. The topological polar surface area (TPSA) is 85.4 Å². The van der Waals surface area contributed by atoms with Crippen LogP contribution in [0.2, 0.25) is 0 Å². The lowest BCUT2D eigenvalue weighted by atomic mass is 9.98. The number of ether oxygens (including phenoxy) is 3. The first-order chi connectivity index (χ1) is 18.0. The van der Waals surface area contributed by atoms with Crippen LogP contribution < -0.4 is 0 Å². The van der Waals surface area contributed by atoms with Crippen molar-refractivity contribution in [1.29, 1.82) is 0 Å². The van der Waals surface area contributed by atoms with Crippen LogP contribution in [-0.4, -0.2) is 59.5 Å². The Balaban J connectivity index is 1.55. The number of cyclic esters (lactones) is 1. The van der Waals surface area contributed by atoms with Gasteiger partial charge in [-0.3, -0.25) is 0 Å². The molecule has 2 unspecified atom stereocenters. The molecule has 1 spiro atoms. The molecule has 5 rings (SSSR count). The summed E-state index contributed by atoms with van der Waals surface area (Å²) in [5.41, 5.74) is 1.65. The highest BCUT2D eigenvalue weighted by molar-refractivity contribution is 9.10. The standard InChI is InChI=1S/C28H29BrN2O6/c29-22-12-6-5-11-21(22)19-24-28(36-25(32)13-14-26(33)37-28)31(27(34)35-24)23(20-9-3-1-4-10-20)15-18-30-16-7-2-8-17-30/h1,3-6,9-14,23-24H,2,7-8,15-19H2. The van der Waals surface area contributed by atoms with E-state index in [1.54, 1.807) is 0 Å². The lowest BCUT2D eigenvalue weighted by Crippen LogP contribution is -2.58. The van der Waals surface area contributed by atoms with Gasteiger partial charge in [-0.15, -0.1) is 0 Å². The lowest BCUT2D eigenvalue weighted by Gasteiger charge is -2.40. The molecule has 0 radical (unpaired) electrons. The van der Waals surface area contributed by atoms with Crippen LogP contribution in [0.1, 0.15) is 42.9 Å². The van der Waals surface area contributed by atoms with Crippen LogP contribution >= 0.6 is 15.9 Å². The third-order valence-corrected chi connectivity index (χ3v) is 7.83. The van der Waals surface area contributed by atoms with Crippen molar-refractivity contribution in [2.75, 3.05) is 19.6 Å². The van der Waals surface area contributed by atoms with Crippen molar-refractivity contribution in [3.8, 4) is 0 Å². The minimum Gasteiger partial charge on any atom is -0.435 e. The van der Waals surface area contributed by atoms with Gasteiger partial charge >= 0.3 is 23.9 Å². The molecule has 2 aromatic carbocycles. The van der Waals surface area contributed by atoms with Gasteiger partial charge in [0, 0.05) is 29.6 Å².